The van der Waals surface area contributed by atoms with Crippen molar-refractivity contribution in [1.82, 2.24) is 9.99 Å². The summed E-state index contributed by atoms with van der Waals surface area (Å²) in [6.45, 7) is 1.81. The second kappa shape index (κ2) is 7.82. The van der Waals surface area contributed by atoms with E-state index in [1.165, 1.54) is 6.92 Å². The highest BCUT2D eigenvalue weighted by Crippen LogP contribution is 2.23. The molecule has 0 radical (unpaired) electrons. The summed E-state index contributed by atoms with van der Waals surface area (Å²) in [5, 5.41) is 24.8. The maximum absolute atomic E-state index is 11.3. The molecular formula is C20H18N8O. The van der Waals surface area contributed by atoms with Crippen LogP contribution in [-0.2, 0) is 4.79 Å². The van der Waals surface area contributed by atoms with Crippen LogP contribution in [0.25, 0.3) is 0 Å². The van der Waals surface area contributed by atoms with Crippen LogP contribution in [0.15, 0.2) is 70.5 Å². The number of aromatic nitrogens is 1. The zero-order valence-corrected chi connectivity index (χ0v) is 15.6. The molecule has 0 saturated carbocycles. The maximum Gasteiger partial charge on any atom is 0.221 e. The van der Waals surface area contributed by atoms with E-state index < -0.39 is 6.04 Å². The van der Waals surface area contributed by atoms with Gasteiger partial charge in [-0.1, -0.05) is 12.1 Å². The predicted octanol–water partition coefficient (Wildman–Crippen LogP) is 2.38. The standard InChI is InChI=1S/C20H18N8O/c1-13(29)24-14-5-4-6-15(9-14)25-19-10-17(26-18-7-2-3-8-22-18)20-23-12-16(11-21)28(20)27-19/h2-10,16H,12H2,1H3,(H,22,26)(H,24,29)(H,25,27). The molecule has 1 unspecified atom stereocenters. The van der Waals surface area contributed by atoms with E-state index in [0.717, 1.165) is 5.69 Å². The molecule has 1 aromatic carbocycles. The largest absolute Gasteiger partial charge is 0.339 e. The van der Waals surface area contributed by atoms with Gasteiger partial charge in [0.15, 0.2) is 17.7 Å². The van der Waals surface area contributed by atoms with Gasteiger partial charge >= 0.3 is 0 Å². The summed E-state index contributed by atoms with van der Waals surface area (Å²) in [5.41, 5.74) is 2.11. The lowest BCUT2D eigenvalue weighted by Crippen LogP contribution is -2.38. The van der Waals surface area contributed by atoms with Gasteiger partial charge in [-0.3, -0.25) is 9.79 Å². The van der Waals surface area contributed by atoms with Gasteiger partial charge in [0, 0.05) is 30.6 Å². The second-order valence-corrected chi connectivity index (χ2v) is 6.42. The lowest BCUT2D eigenvalue weighted by molar-refractivity contribution is -0.114. The van der Waals surface area contributed by atoms with Crippen LogP contribution in [0.2, 0.25) is 0 Å². The van der Waals surface area contributed by atoms with Gasteiger partial charge in [-0.05, 0) is 30.3 Å². The van der Waals surface area contributed by atoms with Crippen molar-refractivity contribution < 1.29 is 4.79 Å². The van der Waals surface area contributed by atoms with E-state index >= 15 is 0 Å². The molecule has 0 fully saturated rings. The number of benzene rings is 1. The Kier molecular flexibility index (Phi) is 4.90. The number of carbonyl (C=O) groups is 1. The predicted molar refractivity (Wildman–Crippen MR) is 111 cm³/mol. The number of amidine groups is 2. The number of hydrazone groups is 1. The molecule has 4 rings (SSSR count). The molecule has 3 N–H and O–H groups in total. The summed E-state index contributed by atoms with van der Waals surface area (Å²) in [6, 6.07) is 14.6. The van der Waals surface area contributed by atoms with E-state index in [1.54, 1.807) is 23.3 Å². The van der Waals surface area contributed by atoms with Crippen LogP contribution < -0.4 is 16.0 Å². The van der Waals surface area contributed by atoms with Crippen molar-refractivity contribution >= 4 is 34.8 Å². The lowest BCUT2D eigenvalue weighted by atomic mass is 10.2. The van der Waals surface area contributed by atoms with E-state index in [9.17, 15) is 10.1 Å². The molecule has 2 aliphatic heterocycles. The van der Waals surface area contributed by atoms with Crippen molar-refractivity contribution in [2.24, 2.45) is 10.1 Å². The molecule has 1 atom stereocenters. The summed E-state index contributed by atoms with van der Waals surface area (Å²) >= 11 is 0. The molecule has 1 amide bonds. The molecule has 9 heteroatoms. The number of hydrogen-bond acceptors (Lipinski definition) is 8. The van der Waals surface area contributed by atoms with Crippen LogP contribution >= 0.6 is 0 Å². The molecule has 2 aromatic rings. The number of amides is 1. The molecule has 144 valence electrons. The van der Waals surface area contributed by atoms with Gasteiger partial charge in [0.05, 0.1) is 18.3 Å². The third-order valence-corrected chi connectivity index (χ3v) is 4.20. The smallest absolute Gasteiger partial charge is 0.221 e. The Morgan fingerprint density at radius 3 is 2.83 bits per heavy atom. The highest BCUT2D eigenvalue weighted by Gasteiger charge is 2.33. The number of anilines is 3. The first-order chi connectivity index (χ1) is 14.1. The van der Waals surface area contributed by atoms with E-state index in [4.69, 9.17) is 0 Å². The van der Waals surface area contributed by atoms with Gasteiger partial charge < -0.3 is 16.0 Å². The fourth-order valence-electron chi connectivity index (χ4n) is 2.99. The maximum atomic E-state index is 11.3. The molecule has 3 heterocycles. The number of fused-ring (bicyclic) bond motifs is 1. The summed E-state index contributed by atoms with van der Waals surface area (Å²) in [4.78, 5) is 20.0. The van der Waals surface area contributed by atoms with Crippen LogP contribution in [0.3, 0.4) is 0 Å². The Labute approximate surface area is 167 Å². The van der Waals surface area contributed by atoms with Crippen molar-refractivity contribution in [2.75, 3.05) is 22.5 Å². The Balaban J connectivity index is 1.62. The minimum absolute atomic E-state index is 0.145. The number of hydrogen-bond donors (Lipinski definition) is 3. The molecule has 0 spiro atoms. The van der Waals surface area contributed by atoms with E-state index in [0.29, 0.717) is 35.4 Å². The molecule has 1 aromatic heterocycles. The third-order valence-electron chi connectivity index (χ3n) is 4.20. The van der Waals surface area contributed by atoms with Gasteiger partial charge in [0.2, 0.25) is 5.91 Å². The van der Waals surface area contributed by atoms with Crippen molar-refractivity contribution in [3.63, 3.8) is 0 Å². The SMILES string of the molecule is CC(=O)Nc1cccc(NC2=NN3C(=NCC3C#N)C(Nc3ccccn3)=C2)c1. The molecule has 9 nitrogen and oxygen atoms in total. The lowest BCUT2D eigenvalue weighted by Gasteiger charge is -2.25. The third kappa shape index (κ3) is 4.06. The normalized spacial score (nSPS) is 17.3. The van der Waals surface area contributed by atoms with Gasteiger partial charge in [0.25, 0.3) is 0 Å². The van der Waals surface area contributed by atoms with Gasteiger partial charge in [-0.2, -0.15) is 10.4 Å². The van der Waals surface area contributed by atoms with Crippen molar-refractivity contribution in [2.45, 2.75) is 13.0 Å². The average molecular weight is 386 g/mol. The van der Waals surface area contributed by atoms with Crippen LogP contribution in [0.5, 0.6) is 0 Å². The fraction of sp³-hybridized carbons (Fsp3) is 0.150. The first-order valence-corrected chi connectivity index (χ1v) is 8.99. The number of nitrogens with zero attached hydrogens (tertiary/aromatic N) is 5. The average Bonchev–Trinajstić information content (AvgIpc) is 3.12. The van der Waals surface area contributed by atoms with Crippen LogP contribution in [0.1, 0.15) is 6.92 Å². The Bertz CT molecular complexity index is 1070. The molecule has 2 aliphatic rings. The highest BCUT2D eigenvalue weighted by atomic mass is 16.1. The Hall–Kier alpha value is -4.19. The summed E-state index contributed by atoms with van der Waals surface area (Å²) in [6.07, 6.45) is 3.51. The minimum Gasteiger partial charge on any atom is -0.339 e. The van der Waals surface area contributed by atoms with E-state index in [-0.39, 0.29) is 5.91 Å². The molecule has 29 heavy (non-hydrogen) atoms. The Morgan fingerprint density at radius 2 is 2.07 bits per heavy atom. The fourth-order valence-corrected chi connectivity index (χ4v) is 2.99. The quantitative estimate of drug-likeness (QED) is 0.743. The monoisotopic (exact) mass is 386 g/mol. The zero-order chi connectivity index (χ0) is 20.2. The molecule has 0 bridgehead atoms. The number of nitrogens with one attached hydrogen (secondary N) is 3. The van der Waals surface area contributed by atoms with Crippen molar-refractivity contribution in [3.05, 3.63) is 60.4 Å². The van der Waals surface area contributed by atoms with E-state index in [2.05, 4.69) is 37.1 Å². The van der Waals surface area contributed by atoms with Gasteiger partial charge in [-0.15, -0.1) is 0 Å². The summed E-state index contributed by atoms with van der Waals surface area (Å²) in [7, 11) is 0. The van der Waals surface area contributed by atoms with E-state index in [1.807, 2.05) is 36.4 Å². The Morgan fingerprint density at radius 1 is 1.21 bits per heavy atom. The number of carbonyl (C=O) groups excluding carboxylic acids is 1. The second-order valence-electron chi connectivity index (χ2n) is 6.42. The zero-order valence-electron chi connectivity index (χ0n) is 15.6. The first-order valence-electron chi connectivity index (χ1n) is 8.99. The highest BCUT2D eigenvalue weighted by molar-refractivity contribution is 6.15. The van der Waals surface area contributed by atoms with Crippen LogP contribution in [-0.4, -0.2) is 40.2 Å². The van der Waals surface area contributed by atoms with Crippen molar-refractivity contribution in [1.29, 1.82) is 5.26 Å². The number of aliphatic imine (C=N–C) groups is 1. The first kappa shape index (κ1) is 18.2. The number of rotatable bonds is 4. The van der Waals surface area contributed by atoms with Gasteiger partial charge in [0.1, 0.15) is 5.82 Å². The number of pyridine rings is 1. The number of nitriles is 1. The molecule has 0 aliphatic carbocycles. The molecule has 0 saturated heterocycles. The summed E-state index contributed by atoms with van der Waals surface area (Å²) < 4.78 is 0. The van der Waals surface area contributed by atoms with Crippen molar-refractivity contribution in [3.8, 4) is 6.07 Å². The van der Waals surface area contributed by atoms with Crippen LogP contribution in [0.4, 0.5) is 17.2 Å². The topological polar surface area (TPSA) is 118 Å². The van der Waals surface area contributed by atoms with Gasteiger partial charge in [-0.25, -0.2) is 9.99 Å². The van der Waals surface area contributed by atoms with Crippen LogP contribution in [0, 0.1) is 11.3 Å². The molecular weight excluding hydrogens is 368 g/mol. The minimum atomic E-state index is -0.471. The summed E-state index contributed by atoms with van der Waals surface area (Å²) in [5.74, 6) is 1.65.